The molecule has 19 heavy (non-hydrogen) atoms. The van der Waals surface area contributed by atoms with Crippen molar-refractivity contribution < 1.29 is 4.79 Å². The van der Waals surface area contributed by atoms with Gasteiger partial charge in [-0.25, -0.2) is 9.97 Å². The maximum absolute atomic E-state index is 11.1. The lowest BCUT2D eigenvalue weighted by atomic mass is 10.2. The molecule has 0 N–H and O–H groups in total. The van der Waals surface area contributed by atoms with Gasteiger partial charge in [0.25, 0.3) is 0 Å². The Kier molecular flexibility index (Phi) is 2.59. The predicted molar refractivity (Wildman–Crippen MR) is 71.9 cm³/mol. The van der Waals surface area contributed by atoms with Crippen molar-refractivity contribution in [1.82, 2.24) is 19.5 Å². The first kappa shape index (κ1) is 11.5. The SMILES string of the molecule is Cc1nc(-c2cccnc2)nc2c1c(C=O)cn2C. The van der Waals surface area contributed by atoms with Crippen LogP contribution in [0.25, 0.3) is 22.4 Å². The highest BCUT2D eigenvalue weighted by Gasteiger charge is 2.13. The van der Waals surface area contributed by atoms with Gasteiger partial charge in [0.2, 0.25) is 0 Å². The van der Waals surface area contributed by atoms with Crippen molar-refractivity contribution in [1.29, 1.82) is 0 Å². The van der Waals surface area contributed by atoms with Crippen molar-refractivity contribution in [2.24, 2.45) is 7.05 Å². The van der Waals surface area contributed by atoms with E-state index in [9.17, 15) is 4.79 Å². The number of hydrogen-bond acceptors (Lipinski definition) is 4. The number of pyridine rings is 1. The fraction of sp³-hybridized carbons (Fsp3) is 0.143. The number of nitrogens with zero attached hydrogens (tertiary/aromatic N) is 4. The Hall–Kier alpha value is -2.56. The van der Waals surface area contributed by atoms with Gasteiger partial charge >= 0.3 is 0 Å². The van der Waals surface area contributed by atoms with Gasteiger partial charge in [0, 0.05) is 36.8 Å². The maximum atomic E-state index is 11.1. The van der Waals surface area contributed by atoms with Crippen molar-refractivity contribution in [2.45, 2.75) is 6.92 Å². The summed E-state index contributed by atoms with van der Waals surface area (Å²) in [7, 11) is 1.87. The van der Waals surface area contributed by atoms with E-state index in [0.29, 0.717) is 11.4 Å². The van der Waals surface area contributed by atoms with E-state index in [1.165, 1.54) is 0 Å². The molecule has 94 valence electrons. The van der Waals surface area contributed by atoms with E-state index >= 15 is 0 Å². The Morgan fingerprint density at radius 1 is 1.32 bits per heavy atom. The number of carbonyl (C=O) groups excluding carboxylic acids is 1. The minimum Gasteiger partial charge on any atom is -0.335 e. The zero-order valence-electron chi connectivity index (χ0n) is 10.7. The summed E-state index contributed by atoms with van der Waals surface area (Å²) in [5.41, 5.74) is 3.04. The first-order valence-electron chi connectivity index (χ1n) is 5.90. The van der Waals surface area contributed by atoms with Gasteiger partial charge in [-0.15, -0.1) is 0 Å². The fourth-order valence-electron chi connectivity index (χ4n) is 2.20. The molecular weight excluding hydrogens is 240 g/mol. The van der Waals surface area contributed by atoms with E-state index in [-0.39, 0.29) is 0 Å². The summed E-state index contributed by atoms with van der Waals surface area (Å²) in [5, 5.41) is 0.810. The van der Waals surface area contributed by atoms with E-state index in [0.717, 1.165) is 28.6 Å². The number of aromatic nitrogens is 4. The van der Waals surface area contributed by atoms with Crippen molar-refractivity contribution in [3.8, 4) is 11.4 Å². The van der Waals surface area contributed by atoms with E-state index in [1.54, 1.807) is 18.6 Å². The second kappa shape index (κ2) is 4.28. The van der Waals surface area contributed by atoms with Crippen LogP contribution in [0.1, 0.15) is 16.1 Å². The molecule has 0 aliphatic carbocycles. The first-order chi connectivity index (χ1) is 9.20. The number of carbonyl (C=O) groups is 1. The quantitative estimate of drug-likeness (QED) is 0.656. The number of aldehydes is 1. The standard InChI is InChI=1S/C14H12N4O/c1-9-12-11(8-19)7-18(2)14(12)17-13(16-9)10-4-3-5-15-6-10/h3-8H,1-2H3. The molecule has 5 nitrogen and oxygen atoms in total. The Balaban J connectivity index is 2.31. The molecule has 0 spiro atoms. The largest absolute Gasteiger partial charge is 0.335 e. The topological polar surface area (TPSA) is 60.7 Å². The lowest BCUT2D eigenvalue weighted by molar-refractivity contribution is 0.112. The van der Waals surface area contributed by atoms with Gasteiger partial charge in [-0.3, -0.25) is 9.78 Å². The molecule has 0 aliphatic heterocycles. The monoisotopic (exact) mass is 252 g/mol. The van der Waals surface area contributed by atoms with Crippen LogP contribution in [0.5, 0.6) is 0 Å². The molecule has 0 amide bonds. The van der Waals surface area contributed by atoms with Crippen LogP contribution in [-0.4, -0.2) is 25.8 Å². The van der Waals surface area contributed by atoms with Crippen molar-refractivity contribution in [3.05, 3.63) is 42.0 Å². The summed E-state index contributed by atoms with van der Waals surface area (Å²) >= 11 is 0. The highest BCUT2D eigenvalue weighted by Crippen LogP contribution is 2.23. The minimum absolute atomic E-state index is 0.618. The molecule has 0 bridgehead atoms. The van der Waals surface area contributed by atoms with Crippen molar-refractivity contribution >= 4 is 17.3 Å². The zero-order valence-corrected chi connectivity index (χ0v) is 10.7. The number of rotatable bonds is 2. The van der Waals surface area contributed by atoms with Crippen LogP contribution in [-0.2, 0) is 7.05 Å². The predicted octanol–water partition coefficient (Wildman–Crippen LogP) is 2.15. The van der Waals surface area contributed by atoms with Crippen LogP contribution in [0.4, 0.5) is 0 Å². The van der Waals surface area contributed by atoms with Crippen LogP contribution in [0.2, 0.25) is 0 Å². The van der Waals surface area contributed by atoms with Crippen LogP contribution >= 0.6 is 0 Å². The second-order valence-electron chi connectivity index (χ2n) is 4.39. The molecule has 0 fully saturated rings. The Labute approximate surface area is 110 Å². The van der Waals surface area contributed by atoms with Crippen LogP contribution in [0, 0.1) is 6.92 Å². The van der Waals surface area contributed by atoms with Gasteiger partial charge < -0.3 is 4.57 Å². The average Bonchev–Trinajstić information content (AvgIpc) is 2.77. The minimum atomic E-state index is 0.618. The molecule has 3 aromatic heterocycles. The summed E-state index contributed by atoms with van der Waals surface area (Å²) in [6.07, 6.45) is 6.04. The fourth-order valence-corrected chi connectivity index (χ4v) is 2.20. The molecule has 0 radical (unpaired) electrons. The molecule has 0 aliphatic rings. The molecule has 0 saturated carbocycles. The van der Waals surface area contributed by atoms with E-state index in [4.69, 9.17) is 0 Å². The van der Waals surface area contributed by atoms with E-state index in [2.05, 4.69) is 15.0 Å². The number of hydrogen-bond donors (Lipinski definition) is 0. The van der Waals surface area contributed by atoms with Gasteiger partial charge in [-0.2, -0.15) is 0 Å². The van der Waals surface area contributed by atoms with Gasteiger partial charge in [-0.05, 0) is 19.1 Å². The third kappa shape index (κ3) is 1.79. The molecule has 0 atom stereocenters. The molecule has 3 rings (SSSR count). The lowest BCUT2D eigenvalue weighted by Gasteiger charge is -2.04. The summed E-state index contributed by atoms with van der Waals surface area (Å²) in [6.45, 7) is 1.89. The van der Waals surface area contributed by atoms with E-state index < -0.39 is 0 Å². The average molecular weight is 252 g/mol. The molecule has 5 heteroatoms. The van der Waals surface area contributed by atoms with Gasteiger partial charge in [-0.1, -0.05) is 0 Å². The zero-order chi connectivity index (χ0) is 13.4. The smallest absolute Gasteiger partial charge is 0.163 e. The van der Waals surface area contributed by atoms with Crippen molar-refractivity contribution in [3.63, 3.8) is 0 Å². The molecule has 0 saturated heterocycles. The van der Waals surface area contributed by atoms with Crippen molar-refractivity contribution in [2.75, 3.05) is 0 Å². The van der Waals surface area contributed by atoms with Gasteiger partial charge in [0.1, 0.15) is 5.65 Å². The van der Waals surface area contributed by atoms with Crippen LogP contribution in [0.15, 0.2) is 30.7 Å². The molecule has 3 aromatic rings. The third-order valence-electron chi connectivity index (χ3n) is 3.07. The summed E-state index contributed by atoms with van der Waals surface area (Å²) < 4.78 is 1.84. The van der Waals surface area contributed by atoms with Gasteiger partial charge in [0.15, 0.2) is 12.1 Å². The third-order valence-corrected chi connectivity index (χ3v) is 3.07. The Morgan fingerprint density at radius 2 is 2.16 bits per heavy atom. The normalized spacial score (nSPS) is 10.8. The molecule has 0 aromatic carbocycles. The second-order valence-corrected chi connectivity index (χ2v) is 4.39. The Bertz CT molecular complexity index is 762. The Morgan fingerprint density at radius 3 is 2.84 bits per heavy atom. The van der Waals surface area contributed by atoms with Crippen LogP contribution in [0.3, 0.4) is 0 Å². The molecule has 3 heterocycles. The highest BCUT2D eigenvalue weighted by atomic mass is 16.1. The first-order valence-corrected chi connectivity index (χ1v) is 5.90. The summed E-state index contributed by atoms with van der Waals surface area (Å²) in [6, 6.07) is 3.76. The number of fused-ring (bicyclic) bond motifs is 1. The summed E-state index contributed by atoms with van der Waals surface area (Å²) in [4.78, 5) is 24.1. The van der Waals surface area contributed by atoms with Gasteiger partial charge in [0.05, 0.1) is 11.1 Å². The highest BCUT2D eigenvalue weighted by molar-refractivity contribution is 5.97. The maximum Gasteiger partial charge on any atom is 0.163 e. The molecule has 0 unspecified atom stereocenters. The molecular formula is C14H12N4O. The van der Waals surface area contributed by atoms with Crippen LogP contribution < -0.4 is 0 Å². The number of aryl methyl sites for hydroxylation is 2. The summed E-state index contributed by atoms with van der Waals surface area (Å²) in [5.74, 6) is 0.622. The van der Waals surface area contributed by atoms with E-state index in [1.807, 2.05) is 30.7 Å². The lowest BCUT2D eigenvalue weighted by Crippen LogP contribution is -1.97.